The SMILES string of the molecule is CNc1cc(Nc2cc(Cl)cn(C3CCN(C)CC3)c2=O)nc2c(C(=O)N[C@@H]3CC[C@H]3O)cnn12. The Kier molecular flexibility index (Phi) is 6.39. The summed E-state index contributed by atoms with van der Waals surface area (Å²) in [6.07, 6.45) is 5.74. The second-order valence-corrected chi connectivity index (χ2v) is 9.68. The van der Waals surface area contributed by atoms with Crippen LogP contribution in [0.2, 0.25) is 5.02 Å². The van der Waals surface area contributed by atoms with Crippen molar-refractivity contribution in [3.05, 3.63) is 45.5 Å². The highest BCUT2D eigenvalue weighted by Gasteiger charge is 2.31. The lowest BCUT2D eigenvalue weighted by Crippen LogP contribution is -2.50. The first-order valence-corrected chi connectivity index (χ1v) is 12.1. The van der Waals surface area contributed by atoms with Crippen LogP contribution in [0.5, 0.6) is 0 Å². The number of hydrogen-bond acceptors (Lipinski definition) is 8. The number of pyridine rings is 1. The molecular weight excluding hydrogens is 472 g/mol. The van der Waals surface area contributed by atoms with Gasteiger partial charge in [0, 0.05) is 25.4 Å². The van der Waals surface area contributed by atoms with Gasteiger partial charge in [-0.3, -0.25) is 9.59 Å². The Bertz CT molecular complexity index is 1310. The first-order valence-electron chi connectivity index (χ1n) is 11.8. The Morgan fingerprint density at radius 2 is 1.97 bits per heavy atom. The zero-order chi connectivity index (χ0) is 24.7. The van der Waals surface area contributed by atoms with Crippen LogP contribution >= 0.6 is 11.6 Å². The van der Waals surface area contributed by atoms with Gasteiger partial charge in [0.25, 0.3) is 11.5 Å². The summed E-state index contributed by atoms with van der Waals surface area (Å²) in [4.78, 5) is 33.0. The molecule has 1 saturated carbocycles. The average molecular weight is 501 g/mol. The van der Waals surface area contributed by atoms with E-state index in [-0.39, 0.29) is 29.1 Å². The standard InChI is InChI=1S/C23H29ClN8O3/c1-25-20-10-19(29-21-15(11-26-32(20)21)22(34)28-16-3-4-18(16)33)27-17-9-13(24)12-31(23(17)35)14-5-7-30(2)8-6-14/h9-12,14,16,18,25,33H,3-8H2,1-2H3,(H,27,29)(H,28,34)/t16-,18-/m1/s1. The van der Waals surface area contributed by atoms with E-state index < -0.39 is 6.10 Å². The number of amides is 1. The number of piperidine rings is 1. The molecule has 2 aliphatic rings. The predicted molar refractivity (Wildman–Crippen MR) is 134 cm³/mol. The average Bonchev–Trinajstić information content (AvgIpc) is 3.27. The van der Waals surface area contributed by atoms with Gasteiger partial charge in [0.2, 0.25) is 0 Å². The number of hydrogen-bond donors (Lipinski definition) is 4. The quantitative estimate of drug-likeness (QED) is 0.403. The number of carbonyl (C=O) groups excluding carboxylic acids is 1. The summed E-state index contributed by atoms with van der Waals surface area (Å²) >= 11 is 6.39. The van der Waals surface area contributed by atoms with Crippen LogP contribution in [0.15, 0.2) is 29.3 Å². The van der Waals surface area contributed by atoms with Gasteiger partial charge in [-0.2, -0.15) is 9.61 Å². The van der Waals surface area contributed by atoms with Crippen LogP contribution in [-0.2, 0) is 0 Å². The van der Waals surface area contributed by atoms with E-state index in [4.69, 9.17) is 11.6 Å². The Balaban J connectivity index is 1.47. The van der Waals surface area contributed by atoms with Gasteiger partial charge in [-0.1, -0.05) is 11.6 Å². The molecule has 2 fully saturated rings. The minimum absolute atomic E-state index is 0.0771. The van der Waals surface area contributed by atoms with Crippen LogP contribution < -0.4 is 21.5 Å². The highest BCUT2D eigenvalue weighted by Crippen LogP contribution is 2.26. The van der Waals surface area contributed by atoms with Crippen molar-refractivity contribution in [1.29, 1.82) is 0 Å². The van der Waals surface area contributed by atoms with Gasteiger partial charge >= 0.3 is 0 Å². The second kappa shape index (κ2) is 9.48. The number of rotatable bonds is 6. The van der Waals surface area contributed by atoms with Crippen LogP contribution in [-0.4, -0.2) is 74.4 Å². The summed E-state index contributed by atoms with van der Waals surface area (Å²) < 4.78 is 3.23. The van der Waals surface area contributed by atoms with Crippen molar-refractivity contribution >= 4 is 40.5 Å². The number of carbonyl (C=O) groups is 1. The molecule has 11 nitrogen and oxygen atoms in total. The van der Waals surface area contributed by atoms with Crippen LogP contribution in [0.25, 0.3) is 5.65 Å². The fraction of sp³-hybridized carbons (Fsp3) is 0.478. The Morgan fingerprint density at radius 1 is 1.20 bits per heavy atom. The Morgan fingerprint density at radius 3 is 2.63 bits per heavy atom. The van der Waals surface area contributed by atoms with Gasteiger partial charge in [-0.25, -0.2) is 4.98 Å². The minimum Gasteiger partial charge on any atom is -0.391 e. The first-order chi connectivity index (χ1) is 16.8. The third kappa shape index (κ3) is 4.58. The predicted octanol–water partition coefficient (Wildman–Crippen LogP) is 1.85. The monoisotopic (exact) mass is 500 g/mol. The van der Waals surface area contributed by atoms with Gasteiger partial charge < -0.3 is 30.5 Å². The van der Waals surface area contributed by atoms with Gasteiger partial charge in [-0.05, 0) is 51.9 Å². The summed E-state index contributed by atoms with van der Waals surface area (Å²) in [5.41, 5.74) is 0.725. The third-order valence-electron chi connectivity index (χ3n) is 6.88. The number of anilines is 3. The van der Waals surface area contributed by atoms with E-state index in [0.29, 0.717) is 34.4 Å². The van der Waals surface area contributed by atoms with Crippen molar-refractivity contribution in [2.75, 3.05) is 37.8 Å². The van der Waals surface area contributed by atoms with E-state index in [0.717, 1.165) is 32.4 Å². The van der Waals surface area contributed by atoms with E-state index >= 15 is 0 Å². The summed E-state index contributed by atoms with van der Waals surface area (Å²) in [5, 5.41) is 23.5. The molecule has 12 heteroatoms. The molecule has 5 rings (SSSR count). The Labute approximate surface area is 207 Å². The van der Waals surface area contributed by atoms with Gasteiger partial charge in [0.1, 0.15) is 22.9 Å². The molecule has 0 radical (unpaired) electrons. The van der Waals surface area contributed by atoms with Crippen molar-refractivity contribution < 1.29 is 9.90 Å². The number of likely N-dealkylation sites (tertiary alicyclic amines) is 1. The molecule has 3 aromatic rings. The smallest absolute Gasteiger partial charge is 0.274 e. The number of nitrogens with one attached hydrogen (secondary N) is 3. The molecule has 1 saturated heterocycles. The number of halogens is 1. The maximum Gasteiger partial charge on any atom is 0.274 e. The number of aliphatic hydroxyl groups excluding tert-OH is 1. The number of aliphatic hydroxyl groups is 1. The summed E-state index contributed by atoms with van der Waals surface area (Å²) in [6.45, 7) is 1.83. The molecule has 4 heterocycles. The highest BCUT2D eigenvalue weighted by molar-refractivity contribution is 6.30. The van der Waals surface area contributed by atoms with E-state index in [1.165, 1.54) is 10.7 Å². The molecule has 0 spiro atoms. The lowest BCUT2D eigenvalue weighted by Gasteiger charge is -2.32. The lowest BCUT2D eigenvalue weighted by molar-refractivity contribution is 0.0448. The normalized spacial score (nSPS) is 21.0. The number of fused-ring (bicyclic) bond motifs is 1. The van der Waals surface area contributed by atoms with E-state index in [1.54, 1.807) is 29.9 Å². The fourth-order valence-corrected chi connectivity index (χ4v) is 4.82. The zero-order valence-corrected chi connectivity index (χ0v) is 20.4. The van der Waals surface area contributed by atoms with Gasteiger partial charge in [-0.15, -0.1) is 0 Å². The first kappa shape index (κ1) is 23.6. The topological polar surface area (TPSA) is 129 Å². The number of nitrogens with zero attached hydrogens (tertiary/aromatic N) is 5. The molecular formula is C23H29ClN8O3. The van der Waals surface area contributed by atoms with Crippen molar-refractivity contribution in [3.63, 3.8) is 0 Å². The largest absolute Gasteiger partial charge is 0.391 e. The van der Waals surface area contributed by atoms with Crippen LogP contribution in [0.1, 0.15) is 42.1 Å². The zero-order valence-electron chi connectivity index (χ0n) is 19.7. The summed E-state index contributed by atoms with van der Waals surface area (Å²) in [7, 11) is 3.81. The molecule has 1 amide bonds. The summed E-state index contributed by atoms with van der Waals surface area (Å²) in [5.74, 6) is 0.593. The van der Waals surface area contributed by atoms with E-state index in [9.17, 15) is 14.7 Å². The fourth-order valence-electron chi connectivity index (χ4n) is 4.60. The minimum atomic E-state index is -0.534. The van der Waals surface area contributed by atoms with Gasteiger partial charge in [0.15, 0.2) is 5.65 Å². The van der Waals surface area contributed by atoms with Crippen LogP contribution in [0, 0.1) is 0 Å². The lowest BCUT2D eigenvalue weighted by atomic mass is 9.89. The molecule has 0 bridgehead atoms. The molecule has 186 valence electrons. The third-order valence-corrected chi connectivity index (χ3v) is 7.09. The number of aromatic nitrogens is 4. The highest BCUT2D eigenvalue weighted by atomic mass is 35.5. The van der Waals surface area contributed by atoms with E-state index in [1.807, 2.05) is 0 Å². The van der Waals surface area contributed by atoms with Crippen molar-refractivity contribution in [2.45, 2.75) is 43.9 Å². The van der Waals surface area contributed by atoms with Crippen molar-refractivity contribution in [3.8, 4) is 0 Å². The summed E-state index contributed by atoms with van der Waals surface area (Å²) in [6, 6.07) is 3.10. The molecule has 1 aliphatic heterocycles. The van der Waals surface area contributed by atoms with E-state index in [2.05, 4.69) is 38.0 Å². The van der Waals surface area contributed by atoms with Crippen LogP contribution in [0.4, 0.5) is 17.3 Å². The van der Waals surface area contributed by atoms with Crippen molar-refractivity contribution in [1.82, 2.24) is 29.4 Å². The second-order valence-electron chi connectivity index (χ2n) is 9.24. The van der Waals surface area contributed by atoms with Gasteiger partial charge in [0.05, 0.1) is 23.4 Å². The molecule has 1 aliphatic carbocycles. The molecule has 2 atom stereocenters. The molecule has 0 aromatic carbocycles. The van der Waals surface area contributed by atoms with Crippen LogP contribution in [0.3, 0.4) is 0 Å². The maximum atomic E-state index is 13.3. The molecule has 4 N–H and O–H groups in total. The molecule has 3 aromatic heterocycles. The maximum absolute atomic E-state index is 13.3. The van der Waals surface area contributed by atoms with Crippen molar-refractivity contribution in [2.24, 2.45) is 0 Å². The molecule has 35 heavy (non-hydrogen) atoms. The molecule has 0 unspecified atom stereocenters. The Hall–Kier alpha value is -3.15.